The molecule has 0 saturated heterocycles. The molecule has 0 fully saturated rings. The van der Waals surface area contributed by atoms with E-state index in [1.54, 1.807) is 39.8 Å². The number of carboxylic acids is 1. The molecule has 6 N–H and O–H groups in total. The van der Waals surface area contributed by atoms with Gasteiger partial charge in [-0.2, -0.15) is 0 Å². The third-order valence-electron chi connectivity index (χ3n) is 4.26. The van der Waals surface area contributed by atoms with Crippen molar-refractivity contribution in [1.82, 2.24) is 10.6 Å². The molecule has 0 saturated carbocycles. The summed E-state index contributed by atoms with van der Waals surface area (Å²) >= 11 is 0. The third kappa shape index (κ3) is 6.90. The van der Waals surface area contributed by atoms with E-state index >= 15 is 0 Å². The van der Waals surface area contributed by atoms with E-state index in [4.69, 9.17) is 5.73 Å². The monoisotopic (exact) mass is 379 g/mol. The third-order valence-corrected chi connectivity index (χ3v) is 4.26. The van der Waals surface area contributed by atoms with Crippen molar-refractivity contribution in [3.63, 3.8) is 0 Å². The van der Waals surface area contributed by atoms with E-state index in [-0.39, 0.29) is 24.0 Å². The number of aromatic hydroxyl groups is 1. The zero-order chi connectivity index (χ0) is 20.7. The van der Waals surface area contributed by atoms with Crippen LogP contribution in [0, 0.1) is 11.8 Å². The molecule has 0 aliphatic rings. The van der Waals surface area contributed by atoms with Crippen LogP contribution in [0.5, 0.6) is 5.75 Å². The van der Waals surface area contributed by atoms with Crippen molar-refractivity contribution in [2.75, 3.05) is 0 Å². The molecule has 0 radical (unpaired) electrons. The Morgan fingerprint density at radius 3 is 1.96 bits per heavy atom. The quantitative estimate of drug-likeness (QED) is 0.426. The maximum atomic E-state index is 12.6. The average Bonchev–Trinajstić information content (AvgIpc) is 2.59. The Balaban J connectivity index is 2.85. The summed E-state index contributed by atoms with van der Waals surface area (Å²) in [5, 5.41) is 23.8. The van der Waals surface area contributed by atoms with E-state index < -0.39 is 35.9 Å². The van der Waals surface area contributed by atoms with E-state index in [0.29, 0.717) is 5.56 Å². The van der Waals surface area contributed by atoms with Crippen molar-refractivity contribution in [2.24, 2.45) is 17.6 Å². The number of nitrogens with one attached hydrogen (secondary N) is 2. The Kier molecular flexibility index (Phi) is 8.24. The molecule has 0 heterocycles. The Bertz CT molecular complexity index is 658. The van der Waals surface area contributed by atoms with Gasteiger partial charge in [0.15, 0.2) is 0 Å². The molecule has 1 aromatic carbocycles. The van der Waals surface area contributed by atoms with Gasteiger partial charge in [-0.05, 0) is 29.5 Å². The minimum Gasteiger partial charge on any atom is -0.508 e. The van der Waals surface area contributed by atoms with Crippen LogP contribution in [0.25, 0.3) is 0 Å². The fraction of sp³-hybridized carbons (Fsp3) is 0.526. The molecule has 2 amide bonds. The smallest absolute Gasteiger partial charge is 0.326 e. The summed E-state index contributed by atoms with van der Waals surface area (Å²) in [7, 11) is 0. The van der Waals surface area contributed by atoms with Gasteiger partial charge in [-0.3, -0.25) is 9.59 Å². The number of hydrogen-bond donors (Lipinski definition) is 5. The number of carbonyl (C=O) groups is 3. The first-order chi connectivity index (χ1) is 12.5. The van der Waals surface area contributed by atoms with Crippen molar-refractivity contribution in [3.8, 4) is 5.75 Å². The Labute approximate surface area is 159 Å². The molecule has 8 nitrogen and oxygen atoms in total. The Morgan fingerprint density at radius 1 is 0.963 bits per heavy atom. The lowest BCUT2D eigenvalue weighted by Crippen LogP contribution is -2.57. The van der Waals surface area contributed by atoms with Crippen LogP contribution in [-0.2, 0) is 20.8 Å². The summed E-state index contributed by atoms with van der Waals surface area (Å²) < 4.78 is 0. The second kappa shape index (κ2) is 9.91. The van der Waals surface area contributed by atoms with Gasteiger partial charge in [0.2, 0.25) is 11.8 Å². The lowest BCUT2D eigenvalue weighted by molar-refractivity contribution is -0.142. The number of phenolic OH excluding ortho intramolecular Hbond substituents is 1. The molecular formula is C19H29N3O5. The lowest BCUT2D eigenvalue weighted by Gasteiger charge is -2.26. The number of phenols is 1. The Morgan fingerprint density at radius 2 is 1.52 bits per heavy atom. The molecule has 0 bridgehead atoms. The van der Waals surface area contributed by atoms with E-state index in [2.05, 4.69) is 10.6 Å². The minimum absolute atomic E-state index is 0.0472. The summed E-state index contributed by atoms with van der Waals surface area (Å²) in [5.74, 6) is -2.51. The molecule has 3 unspecified atom stereocenters. The zero-order valence-electron chi connectivity index (χ0n) is 16.1. The van der Waals surface area contributed by atoms with Crippen molar-refractivity contribution in [1.29, 1.82) is 0 Å². The fourth-order valence-electron chi connectivity index (χ4n) is 2.42. The minimum atomic E-state index is -1.19. The summed E-state index contributed by atoms with van der Waals surface area (Å²) in [5.41, 5.74) is 6.46. The van der Waals surface area contributed by atoms with E-state index in [1.807, 2.05) is 0 Å². The molecular weight excluding hydrogens is 350 g/mol. The Hall–Kier alpha value is -2.61. The van der Waals surface area contributed by atoms with Gasteiger partial charge in [0.05, 0.1) is 6.04 Å². The zero-order valence-corrected chi connectivity index (χ0v) is 16.1. The molecule has 0 spiro atoms. The molecule has 0 aliphatic carbocycles. The predicted octanol–water partition coefficient (Wildman–Crippen LogP) is 0.628. The van der Waals surface area contributed by atoms with Gasteiger partial charge < -0.3 is 26.6 Å². The summed E-state index contributed by atoms with van der Waals surface area (Å²) in [6, 6.07) is 3.23. The van der Waals surface area contributed by atoms with Gasteiger partial charge in [-0.25, -0.2) is 4.79 Å². The van der Waals surface area contributed by atoms with Crippen LogP contribution in [0.3, 0.4) is 0 Å². The first-order valence-corrected chi connectivity index (χ1v) is 8.90. The van der Waals surface area contributed by atoms with Crippen LogP contribution in [-0.4, -0.2) is 46.1 Å². The van der Waals surface area contributed by atoms with Crippen LogP contribution in [0.1, 0.15) is 33.3 Å². The van der Waals surface area contributed by atoms with Crippen LogP contribution in [0.2, 0.25) is 0 Å². The first kappa shape index (κ1) is 22.4. The van der Waals surface area contributed by atoms with Crippen LogP contribution in [0.15, 0.2) is 24.3 Å². The molecule has 1 rings (SSSR count). The summed E-state index contributed by atoms with van der Waals surface area (Å²) in [4.78, 5) is 36.3. The highest BCUT2D eigenvalue weighted by Crippen LogP contribution is 2.12. The van der Waals surface area contributed by atoms with Gasteiger partial charge in [0, 0.05) is 6.42 Å². The molecule has 3 atom stereocenters. The maximum Gasteiger partial charge on any atom is 0.326 e. The maximum absolute atomic E-state index is 12.6. The number of aliphatic carboxylic acids is 1. The molecule has 1 aromatic rings. The number of rotatable bonds is 9. The topological polar surface area (TPSA) is 142 Å². The fourth-order valence-corrected chi connectivity index (χ4v) is 2.42. The molecule has 0 aliphatic heterocycles. The largest absolute Gasteiger partial charge is 0.508 e. The van der Waals surface area contributed by atoms with Gasteiger partial charge in [-0.15, -0.1) is 0 Å². The second-order valence-electron chi connectivity index (χ2n) is 7.27. The van der Waals surface area contributed by atoms with E-state index in [9.17, 15) is 24.6 Å². The molecule has 150 valence electrons. The van der Waals surface area contributed by atoms with Crippen LogP contribution < -0.4 is 16.4 Å². The number of hydrogen-bond acceptors (Lipinski definition) is 5. The van der Waals surface area contributed by atoms with Crippen molar-refractivity contribution in [3.05, 3.63) is 29.8 Å². The average molecular weight is 379 g/mol. The number of nitrogens with two attached hydrogens (primary N) is 1. The summed E-state index contributed by atoms with van der Waals surface area (Å²) in [6.45, 7) is 7.10. The van der Waals surface area contributed by atoms with Gasteiger partial charge >= 0.3 is 5.97 Å². The predicted molar refractivity (Wildman–Crippen MR) is 101 cm³/mol. The van der Waals surface area contributed by atoms with Crippen molar-refractivity contribution in [2.45, 2.75) is 52.2 Å². The number of benzene rings is 1. The first-order valence-electron chi connectivity index (χ1n) is 8.90. The van der Waals surface area contributed by atoms with Gasteiger partial charge in [-0.1, -0.05) is 39.8 Å². The molecule has 8 heteroatoms. The van der Waals surface area contributed by atoms with Crippen molar-refractivity contribution < 1.29 is 24.6 Å². The highest BCUT2D eigenvalue weighted by molar-refractivity contribution is 5.92. The molecule has 0 aromatic heterocycles. The highest BCUT2D eigenvalue weighted by atomic mass is 16.4. The van der Waals surface area contributed by atoms with E-state index in [0.717, 1.165) is 0 Å². The van der Waals surface area contributed by atoms with Crippen LogP contribution in [0.4, 0.5) is 0 Å². The number of carbonyl (C=O) groups excluding carboxylic acids is 2. The van der Waals surface area contributed by atoms with E-state index in [1.165, 1.54) is 12.1 Å². The highest BCUT2D eigenvalue weighted by Gasteiger charge is 2.30. The van der Waals surface area contributed by atoms with Crippen LogP contribution >= 0.6 is 0 Å². The standard InChI is InChI=1S/C19H29N3O5/c1-10(2)15(20)17(24)22-16(11(3)4)18(25)21-14(19(26)27)9-12-5-7-13(23)8-6-12/h5-8,10-11,14-16,23H,9,20H2,1-4H3,(H,21,25)(H,22,24)(H,26,27). The van der Waals surface area contributed by atoms with Gasteiger partial charge in [0.1, 0.15) is 17.8 Å². The SMILES string of the molecule is CC(C)C(N)C(=O)NC(C(=O)NC(Cc1ccc(O)cc1)C(=O)O)C(C)C. The number of carboxylic acid groups (broad SMARTS) is 1. The van der Waals surface area contributed by atoms with Gasteiger partial charge in [0.25, 0.3) is 0 Å². The number of amides is 2. The normalized spacial score (nSPS) is 14.5. The molecule has 27 heavy (non-hydrogen) atoms. The van der Waals surface area contributed by atoms with Crippen molar-refractivity contribution >= 4 is 17.8 Å². The lowest BCUT2D eigenvalue weighted by atomic mass is 9.99. The second-order valence-corrected chi connectivity index (χ2v) is 7.27. The summed E-state index contributed by atoms with van der Waals surface area (Å²) in [6.07, 6.45) is 0.0472.